The van der Waals surface area contributed by atoms with Crippen LogP contribution >= 0.6 is 0 Å². The lowest BCUT2D eigenvalue weighted by molar-refractivity contribution is 0.0697. The van der Waals surface area contributed by atoms with Crippen molar-refractivity contribution in [3.8, 4) is 5.75 Å². The number of hydrogen-bond acceptors (Lipinski definition) is 6. The molecule has 9 heteroatoms. The number of anilines is 2. The summed E-state index contributed by atoms with van der Waals surface area (Å²) in [5, 5.41) is 9.47. The number of rotatable bonds is 8. The molecule has 0 saturated carbocycles. The number of hydrogen-bond donors (Lipinski definition) is 2. The summed E-state index contributed by atoms with van der Waals surface area (Å²) in [7, 11) is -2.39. The van der Waals surface area contributed by atoms with Crippen molar-refractivity contribution in [3.63, 3.8) is 0 Å². The summed E-state index contributed by atoms with van der Waals surface area (Å²) in [5.41, 5.74) is 1.03. The van der Waals surface area contributed by atoms with E-state index in [1.165, 1.54) is 44.2 Å². The van der Waals surface area contributed by atoms with E-state index in [2.05, 4.69) is 14.5 Å². The number of aromatic carboxylic acids is 1. The van der Waals surface area contributed by atoms with Crippen LogP contribution in [0.15, 0.2) is 47.4 Å². The van der Waals surface area contributed by atoms with Gasteiger partial charge < -0.3 is 19.6 Å². The largest absolute Gasteiger partial charge is 0.497 e. The molecule has 1 atom stereocenters. The summed E-state index contributed by atoms with van der Waals surface area (Å²) in [6.45, 7) is 4.98. The van der Waals surface area contributed by atoms with Gasteiger partial charge in [-0.15, -0.1) is 0 Å². The van der Waals surface area contributed by atoms with Gasteiger partial charge in [-0.1, -0.05) is 0 Å². The number of ether oxygens (including phenoxy) is 1. The first-order chi connectivity index (χ1) is 15.9. The van der Waals surface area contributed by atoms with Crippen LogP contribution in [0.25, 0.3) is 0 Å². The highest BCUT2D eigenvalue weighted by Gasteiger charge is 2.26. The minimum absolute atomic E-state index is 0.0387. The van der Waals surface area contributed by atoms with Gasteiger partial charge in [-0.25, -0.2) is 13.2 Å². The van der Waals surface area contributed by atoms with Crippen LogP contribution in [0.2, 0.25) is 0 Å². The lowest BCUT2D eigenvalue weighted by atomic mass is 9.96. The van der Waals surface area contributed by atoms with Gasteiger partial charge in [0.2, 0.25) is 0 Å². The number of piperidine rings is 1. The Morgan fingerprint density at radius 2 is 1.82 bits per heavy atom. The molecule has 4 rings (SSSR count). The van der Waals surface area contributed by atoms with E-state index >= 15 is 0 Å². The Balaban J connectivity index is 1.59. The van der Waals surface area contributed by atoms with Crippen LogP contribution in [0.4, 0.5) is 11.4 Å². The second kappa shape index (κ2) is 10.0. The predicted molar refractivity (Wildman–Crippen MR) is 128 cm³/mol. The van der Waals surface area contributed by atoms with Crippen molar-refractivity contribution in [2.75, 3.05) is 49.5 Å². The first-order valence-corrected chi connectivity index (χ1v) is 12.9. The Kier molecular flexibility index (Phi) is 7.09. The van der Waals surface area contributed by atoms with Crippen molar-refractivity contribution >= 4 is 27.4 Å². The number of carboxylic acids is 1. The molecule has 0 radical (unpaired) electrons. The number of methoxy groups -OCH3 is 1. The van der Waals surface area contributed by atoms with Crippen LogP contribution < -0.4 is 14.4 Å². The molecule has 0 unspecified atom stereocenters. The Morgan fingerprint density at radius 1 is 1.09 bits per heavy atom. The van der Waals surface area contributed by atoms with Crippen molar-refractivity contribution in [1.29, 1.82) is 0 Å². The highest BCUT2D eigenvalue weighted by atomic mass is 32.2. The SMILES string of the molecule is COc1ccc(S(=O)(=O)Nc2cc(C(=O)O)ccc2N2CCC[C@@H](CN3CCCC3)C2)cc1. The summed E-state index contributed by atoms with van der Waals surface area (Å²) < 4.78 is 33.9. The molecule has 0 spiro atoms. The van der Waals surface area contributed by atoms with E-state index in [-0.39, 0.29) is 16.1 Å². The molecule has 2 aliphatic rings. The van der Waals surface area contributed by atoms with E-state index in [0.717, 1.165) is 45.6 Å². The molecule has 2 N–H and O–H groups in total. The Labute approximate surface area is 195 Å². The number of nitrogens with zero attached hydrogens (tertiary/aromatic N) is 2. The number of nitrogens with one attached hydrogen (secondary N) is 1. The molecule has 2 heterocycles. The van der Waals surface area contributed by atoms with E-state index in [0.29, 0.717) is 17.4 Å². The topological polar surface area (TPSA) is 99.2 Å². The van der Waals surface area contributed by atoms with E-state index in [9.17, 15) is 18.3 Å². The summed E-state index contributed by atoms with van der Waals surface area (Å²) in [5.74, 6) is -0.0427. The van der Waals surface area contributed by atoms with Gasteiger partial charge in [0, 0.05) is 19.6 Å². The minimum Gasteiger partial charge on any atom is -0.497 e. The molecule has 0 amide bonds. The summed E-state index contributed by atoms with van der Waals surface area (Å²) in [6.07, 6.45) is 4.67. The number of likely N-dealkylation sites (tertiary alicyclic amines) is 1. The quantitative estimate of drug-likeness (QED) is 0.605. The van der Waals surface area contributed by atoms with E-state index in [4.69, 9.17) is 4.74 Å². The van der Waals surface area contributed by atoms with Crippen LogP contribution in [0, 0.1) is 5.92 Å². The van der Waals surface area contributed by atoms with Crippen molar-refractivity contribution < 1.29 is 23.1 Å². The van der Waals surface area contributed by atoms with Crippen LogP contribution in [0.5, 0.6) is 5.75 Å². The Morgan fingerprint density at radius 3 is 2.48 bits per heavy atom. The molecule has 2 aromatic carbocycles. The third-order valence-electron chi connectivity index (χ3n) is 6.43. The molecular weight excluding hydrogens is 442 g/mol. The summed E-state index contributed by atoms with van der Waals surface area (Å²) in [4.78, 5) is 16.4. The van der Waals surface area contributed by atoms with Crippen molar-refractivity contribution in [2.45, 2.75) is 30.6 Å². The Bertz CT molecular complexity index is 1080. The fourth-order valence-corrected chi connectivity index (χ4v) is 5.81. The van der Waals surface area contributed by atoms with Crippen LogP contribution in [-0.2, 0) is 10.0 Å². The van der Waals surface area contributed by atoms with Crippen LogP contribution in [0.3, 0.4) is 0 Å². The van der Waals surface area contributed by atoms with Gasteiger partial charge in [-0.2, -0.15) is 0 Å². The van der Waals surface area contributed by atoms with Gasteiger partial charge in [0.15, 0.2) is 0 Å². The zero-order valence-electron chi connectivity index (χ0n) is 18.9. The molecule has 8 nitrogen and oxygen atoms in total. The standard InChI is InChI=1S/C24H31N3O5S/c1-32-20-7-9-21(10-8-20)33(30,31)25-22-15-19(24(28)29)6-11-23(22)27-14-4-5-18(17-27)16-26-12-2-3-13-26/h6-11,15,18,25H,2-5,12-14,16-17H2,1H3,(H,28,29)/t18-/m0/s1. The first-order valence-electron chi connectivity index (χ1n) is 11.4. The van der Waals surface area contributed by atoms with Gasteiger partial charge in [-0.3, -0.25) is 4.72 Å². The molecule has 2 fully saturated rings. The fourth-order valence-electron chi connectivity index (χ4n) is 4.75. The van der Waals surface area contributed by atoms with Gasteiger partial charge in [-0.05, 0) is 87.2 Å². The lowest BCUT2D eigenvalue weighted by Crippen LogP contribution is -2.40. The average Bonchev–Trinajstić information content (AvgIpc) is 3.32. The average molecular weight is 474 g/mol. The number of sulfonamides is 1. The minimum atomic E-state index is -3.91. The zero-order valence-corrected chi connectivity index (χ0v) is 19.7. The summed E-state index contributed by atoms with van der Waals surface area (Å²) in [6, 6.07) is 10.8. The molecule has 0 bridgehead atoms. The van der Waals surface area contributed by atoms with Crippen LogP contribution in [0.1, 0.15) is 36.0 Å². The van der Waals surface area contributed by atoms with Crippen LogP contribution in [-0.4, -0.2) is 64.2 Å². The van der Waals surface area contributed by atoms with E-state index in [1.54, 1.807) is 18.2 Å². The molecule has 33 heavy (non-hydrogen) atoms. The third kappa shape index (κ3) is 5.59. The van der Waals surface area contributed by atoms with Gasteiger partial charge in [0.25, 0.3) is 10.0 Å². The maximum atomic E-state index is 13.1. The maximum Gasteiger partial charge on any atom is 0.335 e. The number of carboxylic acid groups (broad SMARTS) is 1. The highest BCUT2D eigenvalue weighted by molar-refractivity contribution is 7.92. The molecular formula is C24H31N3O5S. The van der Waals surface area contributed by atoms with Gasteiger partial charge >= 0.3 is 5.97 Å². The second-order valence-corrected chi connectivity index (χ2v) is 10.5. The van der Waals surface area contributed by atoms with Crippen molar-refractivity contribution in [1.82, 2.24) is 4.90 Å². The lowest BCUT2D eigenvalue weighted by Gasteiger charge is -2.37. The molecule has 178 valence electrons. The highest BCUT2D eigenvalue weighted by Crippen LogP contribution is 2.33. The normalized spacial score (nSPS) is 19.4. The van der Waals surface area contributed by atoms with E-state index in [1.807, 2.05) is 0 Å². The Hall–Kier alpha value is -2.78. The molecule has 0 aliphatic carbocycles. The van der Waals surface area contributed by atoms with Gasteiger partial charge in [0.05, 0.1) is 28.9 Å². The molecule has 2 saturated heterocycles. The second-order valence-electron chi connectivity index (χ2n) is 8.78. The molecule has 2 aromatic rings. The smallest absolute Gasteiger partial charge is 0.335 e. The number of benzene rings is 2. The first kappa shape index (κ1) is 23.4. The molecule has 2 aliphatic heterocycles. The van der Waals surface area contributed by atoms with Crippen molar-refractivity contribution in [2.24, 2.45) is 5.92 Å². The van der Waals surface area contributed by atoms with Crippen molar-refractivity contribution in [3.05, 3.63) is 48.0 Å². The zero-order chi connectivity index (χ0) is 23.4. The monoisotopic (exact) mass is 473 g/mol. The maximum absolute atomic E-state index is 13.1. The fraction of sp³-hybridized carbons (Fsp3) is 0.458. The summed E-state index contributed by atoms with van der Waals surface area (Å²) >= 11 is 0. The van der Waals surface area contributed by atoms with Gasteiger partial charge in [0.1, 0.15) is 5.75 Å². The van der Waals surface area contributed by atoms with E-state index < -0.39 is 16.0 Å². The predicted octanol–water partition coefficient (Wildman–Crippen LogP) is 3.51. The molecule has 0 aromatic heterocycles. The number of carbonyl (C=O) groups is 1. The third-order valence-corrected chi connectivity index (χ3v) is 7.81.